The molecule has 0 unspecified atom stereocenters. The van der Waals surface area contributed by atoms with Crippen LogP contribution in [0.3, 0.4) is 0 Å². The van der Waals surface area contributed by atoms with Crippen molar-refractivity contribution >= 4 is 33.8 Å². The van der Waals surface area contributed by atoms with Gasteiger partial charge >= 0.3 is 6.03 Å². The number of carbonyl (C=O) groups excluding carboxylic acids is 3. The fourth-order valence-electron chi connectivity index (χ4n) is 5.15. The van der Waals surface area contributed by atoms with Gasteiger partial charge in [0.05, 0.1) is 6.04 Å². The zero-order valence-electron chi connectivity index (χ0n) is 17.5. The van der Waals surface area contributed by atoms with E-state index in [-0.39, 0.29) is 29.8 Å². The van der Waals surface area contributed by atoms with Gasteiger partial charge in [0.15, 0.2) is 0 Å². The van der Waals surface area contributed by atoms with Gasteiger partial charge in [-0.05, 0) is 54.7 Å². The van der Waals surface area contributed by atoms with Crippen LogP contribution in [0.25, 0.3) is 0 Å². The number of urea groups is 1. The van der Waals surface area contributed by atoms with Crippen LogP contribution in [-0.4, -0.2) is 34.8 Å². The van der Waals surface area contributed by atoms with Crippen molar-refractivity contribution < 1.29 is 14.4 Å². The summed E-state index contributed by atoms with van der Waals surface area (Å²) in [6, 6.07) is 7.12. The van der Waals surface area contributed by atoms with Crippen molar-refractivity contribution in [3.8, 4) is 0 Å². The molecule has 1 aliphatic heterocycles. The second-order valence-corrected chi connectivity index (χ2v) is 10.3. The lowest BCUT2D eigenvalue weighted by molar-refractivity contribution is -0.137. The summed E-state index contributed by atoms with van der Waals surface area (Å²) in [7, 11) is 0. The average molecular weight is 464 g/mol. The number of benzene rings is 1. The molecule has 2 fully saturated rings. The Morgan fingerprint density at radius 2 is 1.93 bits per heavy atom. The molecule has 6 nitrogen and oxygen atoms in total. The van der Waals surface area contributed by atoms with E-state index in [4.69, 9.17) is 0 Å². The predicted molar refractivity (Wildman–Crippen MR) is 115 cm³/mol. The summed E-state index contributed by atoms with van der Waals surface area (Å²) >= 11 is 3.41. The maximum absolute atomic E-state index is 13.2. The van der Waals surface area contributed by atoms with Gasteiger partial charge in [-0.15, -0.1) is 0 Å². The molecule has 158 valence electrons. The number of carbonyl (C=O) groups is 3. The number of nitrogens with zero attached hydrogens (tertiary/aromatic N) is 1. The summed E-state index contributed by atoms with van der Waals surface area (Å²) in [6.45, 7) is 8.10. The van der Waals surface area contributed by atoms with Crippen LogP contribution in [0.1, 0.15) is 65.0 Å². The van der Waals surface area contributed by atoms with E-state index < -0.39 is 11.6 Å². The predicted octanol–water partition coefficient (Wildman–Crippen LogP) is 4.15. The molecule has 1 aliphatic carbocycles. The summed E-state index contributed by atoms with van der Waals surface area (Å²) in [5, 5.41) is 5.88. The summed E-state index contributed by atoms with van der Waals surface area (Å²) < 4.78 is 0.969. The van der Waals surface area contributed by atoms with E-state index in [0.717, 1.165) is 21.4 Å². The van der Waals surface area contributed by atoms with Crippen molar-refractivity contribution in [2.45, 2.75) is 65.0 Å². The molecule has 2 aliphatic rings. The normalized spacial score (nSPS) is 27.1. The number of rotatable bonds is 5. The highest BCUT2D eigenvalue weighted by molar-refractivity contribution is 9.10. The number of halogens is 1. The fraction of sp³-hybridized carbons (Fsp3) is 0.591. The van der Waals surface area contributed by atoms with Crippen LogP contribution in [-0.2, 0) is 9.59 Å². The maximum Gasteiger partial charge on any atom is 0.325 e. The van der Waals surface area contributed by atoms with Crippen LogP contribution < -0.4 is 10.6 Å². The largest absolute Gasteiger partial charge is 0.348 e. The first-order valence-electron chi connectivity index (χ1n) is 10.2. The molecule has 3 rings (SSSR count). The van der Waals surface area contributed by atoms with E-state index in [0.29, 0.717) is 25.2 Å². The second kappa shape index (κ2) is 8.09. The summed E-state index contributed by atoms with van der Waals surface area (Å²) in [5.41, 5.74) is 0.0721. The van der Waals surface area contributed by atoms with Crippen molar-refractivity contribution in [2.75, 3.05) is 6.54 Å². The molecule has 0 bridgehead atoms. The van der Waals surface area contributed by atoms with Crippen LogP contribution >= 0.6 is 15.9 Å². The van der Waals surface area contributed by atoms with Gasteiger partial charge in [-0.25, -0.2) is 4.79 Å². The number of hydrogen-bond donors (Lipinski definition) is 2. The summed E-state index contributed by atoms with van der Waals surface area (Å²) in [5.74, 6) is -0.268. The lowest BCUT2D eigenvalue weighted by Crippen LogP contribution is -2.54. The van der Waals surface area contributed by atoms with Crippen molar-refractivity contribution in [3.63, 3.8) is 0 Å². The van der Waals surface area contributed by atoms with E-state index >= 15 is 0 Å². The molecule has 1 heterocycles. The number of hydrogen-bond acceptors (Lipinski definition) is 3. The Bertz CT molecular complexity index is 808. The van der Waals surface area contributed by atoms with E-state index in [1.807, 2.05) is 31.2 Å². The standard InChI is InChI=1S/C22H30BrN3O3/c1-5-17(15-6-8-16(23)9-7-15)24-18(27)12-26-19(28)22(25-20(26)29)11-14(2)10-21(3,4)13-22/h6-9,14,17H,5,10-13H2,1-4H3,(H,24,27)(H,25,29)/t14-,17+,22+/m0/s1. The minimum absolute atomic E-state index is 0.0340. The molecule has 4 amide bonds. The molecule has 1 aromatic carbocycles. The molecule has 1 saturated carbocycles. The lowest BCUT2D eigenvalue weighted by atomic mass is 9.64. The Morgan fingerprint density at radius 1 is 1.28 bits per heavy atom. The molecule has 1 spiro atoms. The molecular weight excluding hydrogens is 434 g/mol. The Morgan fingerprint density at radius 3 is 2.52 bits per heavy atom. The van der Waals surface area contributed by atoms with E-state index in [1.165, 1.54) is 0 Å². The maximum atomic E-state index is 13.2. The first-order chi connectivity index (χ1) is 13.5. The Hall–Kier alpha value is -1.89. The van der Waals surface area contributed by atoms with Gasteiger partial charge in [0.25, 0.3) is 5.91 Å². The van der Waals surface area contributed by atoms with Gasteiger partial charge < -0.3 is 10.6 Å². The second-order valence-electron chi connectivity index (χ2n) is 9.34. The van der Waals surface area contributed by atoms with Crippen LogP contribution in [0, 0.1) is 11.3 Å². The third-order valence-corrected chi connectivity index (χ3v) is 6.47. The van der Waals surface area contributed by atoms with Gasteiger partial charge in [0.2, 0.25) is 5.91 Å². The molecular formula is C22H30BrN3O3. The molecule has 1 saturated heterocycles. The molecule has 29 heavy (non-hydrogen) atoms. The van der Waals surface area contributed by atoms with E-state index in [1.54, 1.807) is 0 Å². The first kappa shape index (κ1) is 21.8. The van der Waals surface area contributed by atoms with Crippen molar-refractivity contribution in [1.82, 2.24) is 15.5 Å². The Kier molecular flexibility index (Phi) is 6.08. The summed E-state index contributed by atoms with van der Waals surface area (Å²) in [6.07, 6.45) is 2.95. The van der Waals surface area contributed by atoms with Gasteiger partial charge in [-0.2, -0.15) is 0 Å². The summed E-state index contributed by atoms with van der Waals surface area (Å²) in [4.78, 5) is 39.5. The van der Waals surface area contributed by atoms with Gasteiger partial charge in [-0.3, -0.25) is 14.5 Å². The van der Waals surface area contributed by atoms with Crippen LogP contribution in [0.5, 0.6) is 0 Å². The number of imide groups is 1. The van der Waals surface area contributed by atoms with Crippen LogP contribution in [0.2, 0.25) is 0 Å². The zero-order valence-corrected chi connectivity index (χ0v) is 19.1. The van der Waals surface area contributed by atoms with E-state index in [9.17, 15) is 14.4 Å². The monoisotopic (exact) mass is 463 g/mol. The molecule has 7 heteroatoms. The van der Waals surface area contributed by atoms with Crippen molar-refractivity contribution in [1.29, 1.82) is 0 Å². The Balaban J connectivity index is 1.69. The Labute approximate surface area is 180 Å². The molecule has 2 N–H and O–H groups in total. The SMILES string of the molecule is CC[C@@H](NC(=O)CN1C(=O)N[C@@]2(C[C@@H](C)CC(C)(C)C2)C1=O)c1ccc(Br)cc1. The topological polar surface area (TPSA) is 78.5 Å². The number of nitrogens with one attached hydrogen (secondary N) is 2. The zero-order chi connectivity index (χ0) is 21.4. The number of amides is 4. The third-order valence-electron chi connectivity index (χ3n) is 5.94. The van der Waals surface area contributed by atoms with E-state index in [2.05, 4.69) is 47.3 Å². The quantitative estimate of drug-likeness (QED) is 0.643. The van der Waals surface area contributed by atoms with Gasteiger partial charge in [0.1, 0.15) is 12.1 Å². The first-order valence-corrected chi connectivity index (χ1v) is 11.0. The van der Waals surface area contributed by atoms with Crippen molar-refractivity contribution in [2.24, 2.45) is 11.3 Å². The lowest BCUT2D eigenvalue weighted by Gasteiger charge is -2.43. The highest BCUT2D eigenvalue weighted by atomic mass is 79.9. The average Bonchev–Trinajstić information content (AvgIpc) is 2.82. The smallest absolute Gasteiger partial charge is 0.325 e. The molecule has 0 radical (unpaired) electrons. The molecule has 0 aromatic heterocycles. The highest BCUT2D eigenvalue weighted by Gasteiger charge is 2.56. The van der Waals surface area contributed by atoms with Crippen LogP contribution in [0.4, 0.5) is 4.79 Å². The van der Waals surface area contributed by atoms with Crippen LogP contribution in [0.15, 0.2) is 28.7 Å². The fourth-order valence-corrected chi connectivity index (χ4v) is 5.41. The molecule has 1 aromatic rings. The minimum atomic E-state index is -0.881. The molecule has 3 atom stereocenters. The third kappa shape index (κ3) is 4.65. The van der Waals surface area contributed by atoms with Crippen molar-refractivity contribution in [3.05, 3.63) is 34.3 Å². The minimum Gasteiger partial charge on any atom is -0.348 e. The van der Waals surface area contributed by atoms with Gasteiger partial charge in [-0.1, -0.05) is 55.8 Å². The van der Waals surface area contributed by atoms with Gasteiger partial charge in [0, 0.05) is 4.47 Å². The highest BCUT2D eigenvalue weighted by Crippen LogP contribution is 2.46.